The average molecular weight is 210 g/mol. The van der Waals surface area contributed by atoms with Crippen LogP contribution in [0.1, 0.15) is 18.7 Å². The fraction of sp³-hybridized carbons (Fsp3) is 0.778. The number of hydrogen-bond acceptors (Lipinski definition) is 5. The first-order chi connectivity index (χ1) is 6.67. The Kier molecular flexibility index (Phi) is 1.64. The van der Waals surface area contributed by atoms with Gasteiger partial charge in [0.2, 0.25) is 5.13 Å². The largest absolute Gasteiger partial charge is 0.343 e. The van der Waals surface area contributed by atoms with E-state index in [0.29, 0.717) is 0 Å². The van der Waals surface area contributed by atoms with Gasteiger partial charge in [-0.25, -0.2) is 4.98 Å². The van der Waals surface area contributed by atoms with E-state index < -0.39 is 0 Å². The molecule has 3 rings (SSSR count). The molecule has 0 amide bonds. The number of aromatic nitrogens is 2. The molecule has 4 nitrogen and oxygen atoms in total. The molecular formula is C9H14N4S. The zero-order valence-electron chi connectivity index (χ0n) is 8.23. The highest BCUT2D eigenvalue weighted by Crippen LogP contribution is 2.44. The lowest BCUT2D eigenvalue weighted by atomic mass is 9.86. The summed E-state index contributed by atoms with van der Waals surface area (Å²) in [5, 5.41) is 1.03. The van der Waals surface area contributed by atoms with Gasteiger partial charge in [-0.05, 0) is 25.7 Å². The van der Waals surface area contributed by atoms with Crippen molar-refractivity contribution < 1.29 is 0 Å². The van der Waals surface area contributed by atoms with Gasteiger partial charge in [0.05, 0.1) is 5.54 Å². The maximum Gasteiger partial charge on any atom is 0.205 e. The zero-order valence-corrected chi connectivity index (χ0v) is 9.05. The van der Waals surface area contributed by atoms with Crippen LogP contribution in [0.15, 0.2) is 0 Å². The molecule has 0 spiro atoms. The summed E-state index contributed by atoms with van der Waals surface area (Å²) in [6.45, 7) is 3.86. The summed E-state index contributed by atoms with van der Waals surface area (Å²) in [4.78, 5) is 6.59. The summed E-state index contributed by atoms with van der Waals surface area (Å²) in [6, 6.07) is 0. The van der Waals surface area contributed by atoms with Crippen molar-refractivity contribution in [2.24, 2.45) is 11.7 Å². The lowest BCUT2D eigenvalue weighted by molar-refractivity contribution is 0.290. The van der Waals surface area contributed by atoms with Gasteiger partial charge in [0.1, 0.15) is 5.82 Å². The third-order valence-corrected chi connectivity index (χ3v) is 4.02. The van der Waals surface area contributed by atoms with Gasteiger partial charge in [0.25, 0.3) is 0 Å². The molecule has 0 unspecified atom stereocenters. The monoisotopic (exact) mass is 210 g/mol. The quantitative estimate of drug-likeness (QED) is 0.783. The van der Waals surface area contributed by atoms with Crippen LogP contribution in [0.2, 0.25) is 0 Å². The molecule has 1 saturated heterocycles. The van der Waals surface area contributed by atoms with Gasteiger partial charge >= 0.3 is 0 Å². The highest BCUT2D eigenvalue weighted by atomic mass is 32.1. The smallest absolute Gasteiger partial charge is 0.205 e. The van der Waals surface area contributed by atoms with Crippen LogP contribution in [0.4, 0.5) is 5.13 Å². The molecule has 0 aromatic carbocycles. The second-order valence-electron chi connectivity index (χ2n) is 4.49. The van der Waals surface area contributed by atoms with Gasteiger partial charge in [-0.2, -0.15) is 4.37 Å². The molecule has 2 N–H and O–H groups in total. The summed E-state index contributed by atoms with van der Waals surface area (Å²) in [5.74, 6) is 1.64. The minimum absolute atomic E-state index is 0.0829. The molecule has 5 heteroatoms. The topological polar surface area (TPSA) is 55.0 Å². The van der Waals surface area contributed by atoms with Gasteiger partial charge in [0.15, 0.2) is 0 Å². The van der Waals surface area contributed by atoms with E-state index in [0.717, 1.165) is 30.0 Å². The number of nitrogens with zero attached hydrogens (tertiary/aromatic N) is 3. The molecule has 2 fully saturated rings. The van der Waals surface area contributed by atoms with Crippen molar-refractivity contribution in [2.45, 2.75) is 25.3 Å². The van der Waals surface area contributed by atoms with E-state index in [1.165, 1.54) is 24.4 Å². The van der Waals surface area contributed by atoms with Crippen LogP contribution in [-0.4, -0.2) is 28.0 Å². The first kappa shape index (κ1) is 8.61. The fourth-order valence-corrected chi connectivity index (χ4v) is 2.80. The Morgan fingerprint density at radius 3 is 2.71 bits per heavy atom. The number of rotatable bonds is 2. The number of nitrogens with two attached hydrogens (primary N) is 1. The molecule has 1 saturated carbocycles. The summed E-state index contributed by atoms with van der Waals surface area (Å²) >= 11 is 1.48. The molecule has 0 atom stereocenters. The Morgan fingerprint density at radius 1 is 1.50 bits per heavy atom. The number of anilines is 1. The van der Waals surface area contributed by atoms with E-state index in [-0.39, 0.29) is 5.54 Å². The van der Waals surface area contributed by atoms with E-state index in [1.807, 2.05) is 6.92 Å². The molecule has 1 aliphatic heterocycles. The Morgan fingerprint density at radius 2 is 2.21 bits per heavy atom. The first-order valence-electron chi connectivity index (χ1n) is 5.01. The van der Waals surface area contributed by atoms with E-state index in [2.05, 4.69) is 14.3 Å². The number of hydrogen-bond donors (Lipinski definition) is 1. The van der Waals surface area contributed by atoms with Gasteiger partial charge in [-0.3, -0.25) is 0 Å². The van der Waals surface area contributed by atoms with E-state index in [4.69, 9.17) is 5.73 Å². The van der Waals surface area contributed by atoms with E-state index in [9.17, 15) is 0 Å². The summed E-state index contributed by atoms with van der Waals surface area (Å²) < 4.78 is 4.18. The maximum atomic E-state index is 6.26. The summed E-state index contributed by atoms with van der Waals surface area (Å²) in [5.41, 5.74) is 6.34. The lowest BCUT2D eigenvalue weighted by Crippen LogP contribution is -2.69. The second-order valence-corrected chi connectivity index (χ2v) is 5.22. The number of aryl methyl sites for hydroxylation is 1. The first-order valence-corrected chi connectivity index (χ1v) is 5.79. The third kappa shape index (κ3) is 1.23. The van der Waals surface area contributed by atoms with Gasteiger partial charge in [-0.15, -0.1) is 0 Å². The van der Waals surface area contributed by atoms with E-state index in [1.54, 1.807) is 0 Å². The van der Waals surface area contributed by atoms with E-state index >= 15 is 0 Å². The molecule has 1 aromatic heterocycles. The molecule has 0 bridgehead atoms. The molecular weight excluding hydrogens is 196 g/mol. The average Bonchev–Trinajstić information content (AvgIpc) is 2.85. The lowest BCUT2D eigenvalue weighted by Gasteiger charge is -2.48. The van der Waals surface area contributed by atoms with Crippen molar-refractivity contribution in [1.29, 1.82) is 0 Å². The zero-order chi connectivity index (χ0) is 9.76. The van der Waals surface area contributed by atoms with Crippen LogP contribution in [-0.2, 0) is 0 Å². The minimum Gasteiger partial charge on any atom is -0.343 e. The Bertz CT molecular complexity index is 351. The van der Waals surface area contributed by atoms with Crippen LogP contribution in [0, 0.1) is 12.8 Å². The third-order valence-electron chi connectivity index (χ3n) is 3.15. The van der Waals surface area contributed by atoms with Crippen molar-refractivity contribution in [1.82, 2.24) is 9.36 Å². The van der Waals surface area contributed by atoms with Gasteiger partial charge < -0.3 is 10.6 Å². The summed E-state index contributed by atoms with van der Waals surface area (Å²) in [7, 11) is 0. The molecule has 14 heavy (non-hydrogen) atoms. The normalized spacial score (nSPS) is 24.9. The predicted octanol–water partition coefficient (Wildman–Crippen LogP) is 0.774. The van der Waals surface area contributed by atoms with Crippen molar-refractivity contribution in [3.05, 3.63) is 5.82 Å². The highest BCUT2D eigenvalue weighted by Gasteiger charge is 2.51. The Hall–Kier alpha value is -0.680. The fourth-order valence-electron chi connectivity index (χ4n) is 2.13. The summed E-state index contributed by atoms with van der Waals surface area (Å²) in [6.07, 6.45) is 2.64. The molecule has 2 heterocycles. The maximum absolute atomic E-state index is 6.26. The standard InChI is InChI=1S/C9H14N4S/c1-6-11-8(14-12-6)13-4-9(10,5-13)7-2-3-7/h7H,2-5,10H2,1H3. The van der Waals surface area contributed by atoms with Crippen molar-refractivity contribution in [2.75, 3.05) is 18.0 Å². The molecule has 1 aromatic rings. The Labute approximate surface area is 87.3 Å². The van der Waals surface area contributed by atoms with Gasteiger partial charge in [-0.1, -0.05) is 0 Å². The van der Waals surface area contributed by atoms with Crippen molar-refractivity contribution in [3.8, 4) is 0 Å². The minimum atomic E-state index is 0.0829. The van der Waals surface area contributed by atoms with Crippen molar-refractivity contribution in [3.63, 3.8) is 0 Å². The predicted molar refractivity (Wildman–Crippen MR) is 56.5 cm³/mol. The van der Waals surface area contributed by atoms with Crippen LogP contribution >= 0.6 is 11.5 Å². The Balaban J connectivity index is 1.68. The molecule has 76 valence electrons. The van der Waals surface area contributed by atoms with Crippen LogP contribution < -0.4 is 10.6 Å². The van der Waals surface area contributed by atoms with Crippen LogP contribution in [0.3, 0.4) is 0 Å². The molecule has 2 aliphatic rings. The second kappa shape index (κ2) is 2.67. The molecule has 0 radical (unpaired) electrons. The molecule has 1 aliphatic carbocycles. The highest BCUT2D eigenvalue weighted by molar-refractivity contribution is 7.09. The van der Waals surface area contributed by atoms with Crippen molar-refractivity contribution >= 4 is 16.7 Å². The SMILES string of the molecule is Cc1nsc(N2CC(N)(C3CC3)C2)n1. The van der Waals surface area contributed by atoms with Gasteiger partial charge in [0, 0.05) is 24.6 Å². The van der Waals surface area contributed by atoms with Crippen LogP contribution in [0.25, 0.3) is 0 Å². The van der Waals surface area contributed by atoms with Crippen LogP contribution in [0.5, 0.6) is 0 Å².